The first kappa shape index (κ1) is 14.1. The number of aromatic nitrogens is 2. The molecule has 0 saturated heterocycles. The van der Waals surface area contributed by atoms with Crippen molar-refractivity contribution in [3.63, 3.8) is 0 Å². The Morgan fingerprint density at radius 1 is 1.43 bits per heavy atom. The smallest absolute Gasteiger partial charge is 0.239 e. The van der Waals surface area contributed by atoms with Gasteiger partial charge >= 0.3 is 0 Å². The highest BCUT2D eigenvalue weighted by Crippen LogP contribution is 2.31. The highest BCUT2D eigenvalue weighted by atomic mass is 32.1. The number of ether oxygens (including phenoxy) is 1. The zero-order chi connectivity index (χ0) is 14.8. The van der Waals surface area contributed by atoms with Crippen LogP contribution in [0.25, 0.3) is 0 Å². The summed E-state index contributed by atoms with van der Waals surface area (Å²) in [6.07, 6.45) is 2.51. The zero-order valence-electron chi connectivity index (χ0n) is 12.4. The summed E-state index contributed by atoms with van der Waals surface area (Å²) in [5, 5.41) is 0. The lowest BCUT2D eigenvalue weighted by Gasteiger charge is -2.19. The SMILES string of the molecule is Cc1ncsc1CN(C)c1ccc(N)c(OCC2CC2)n1. The Balaban J connectivity index is 1.71. The molecule has 0 unspecified atom stereocenters. The Morgan fingerprint density at radius 2 is 2.24 bits per heavy atom. The zero-order valence-corrected chi connectivity index (χ0v) is 13.2. The number of anilines is 2. The van der Waals surface area contributed by atoms with Crippen LogP contribution < -0.4 is 15.4 Å². The third kappa shape index (κ3) is 3.44. The van der Waals surface area contributed by atoms with Gasteiger partial charge in [-0.1, -0.05) is 0 Å². The predicted octanol–water partition coefficient (Wildman–Crippen LogP) is 2.85. The summed E-state index contributed by atoms with van der Waals surface area (Å²) in [6.45, 7) is 3.54. The Hall–Kier alpha value is -1.82. The largest absolute Gasteiger partial charge is 0.476 e. The maximum absolute atomic E-state index is 5.94. The molecule has 0 atom stereocenters. The van der Waals surface area contributed by atoms with E-state index in [-0.39, 0.29) is 0 Å². The molecule has 0 bridgehead atoms. The molecule has 2 N–H and O–H groups in total. The van der Waals surface area contributed by atoms with Crippen molar-refractivity contribution in [2.24, 2.45) is 5.92 Å². The van der Waals surface area contributed by atoms with Gasteiger partial charge in [-0.2, -0.15) is 4.98 Å². The molecule has 1 aliphatic rings. The third-order valence-electron chi connectivity index (χ3n) is 3.64. The number of hydrogen-bond donors (Lipinski definition) is 1. The lowest BCUT2D eigenvalue weighted by molar-refractivity contribution is 0.290. The lowest BCUT2D eigenvalue weighted by atomic mass is 10.3. The number of nitrogens with zero attached hydrogens (tertiary/aromatic N) is 3. The van der Waals surface area contributed by atoms with Crippen molar-refractivity contribution in [2.45, 2.75) is 26.3 Å². The van der Waals surface area contributed by atoms with Gasteiger partial charge in [-0.05, 0) is 37.8 Å². The molecule has 2 heterocycles. The van der Waals surface area contributed by atoms with Crippen LogP contribution in [0.1, 0.15) is 23.4 Å². The monoisotopic (exact) mass is 304 g/mol. The van der Waals surface area contributed by atoms with Crippen molar-refractivity contribution in [3.05, 3.63) is 28.2 Å². The summed E-state index contributed by atoms with van der Waals surface area (Å²) in [7, 11) is 2.02. The van der Waals surface area contributed by atoms with E-state index in [1.807, 2.05) is 31.6 Å². The van der Waals surface area contributed by atoms with Gasteiger partial charge in [0.05, 0.1) is 30.0 Å². The second-order valence-electron chi connectivity index (χ2n) is 5.54. The first-order chi connectivity index (χ1) is 10.1. The van der Waals surface area contributed by atoms with Crippen molar-refractivity contribution in [1.29, 1.82) is 0 Å². The quantitative estimate of drug-likeness (QED) is 0.889. The Morgan fingerprint density at radius 3 is 2.90 bits per heavy atom. The molecule has 1 saturated carbocycles. The summed E-state index contributed by atoms with van der Waals surface area (Å²) >= 11 is 1.67. The van der Waals surface area contributed by atoms with Crippen LogP contribution in [0.5, 0.6) is 5.88 Å². The van der Waals surface area contributed by atoms with Crippen molar-refractivity contribution in [1.82, 2.24) is 9.97 Å². The van der Waals surface area contributed by atoms with E-state index in [1.54, 1.807) is 11.3 Å². The van der Waals surface area contributed by atoms with Crippen LogP contribution in [-0.2, 0) is 6.54 Å². The normalized spacial score (nSPS) is 14.2. The van der Waals surface area contributed by atoms with E-state index >= 15 is 0 Å². The van der Waals surface area contributed by atoms with Crippen molar-refractivity contribution < 1.29 is 4.74 Å². The van der Waals surface area contributed by atoms with Gasteiger partial charge in [0, 0.05) is 11.9 Å². The molecule has 0 amide bonds. The third-order valence-corrected chi connectivity index (χ3v) is 4.56. The van der Waals surface area contributed by atoms with Crippen LogP contribution in [-0.4, -0.2) is 23.6 Å². The van der Waals surface area contributed by atoms with Crippen LogP contribution in [0, 0.1) is 12.8 Å². The minimum absolute atomic E-state index is 0.548. The highest BCUT2D eigenvalue weighted by molar-refractivity contribution is 7.09. The van der Waals surface area contributed by atoms with E-state index in [2.05, 4.69) is 14.9 Å². The first-order valence-corrected chi connectivity index (χ1v) is 8.01. The van der Waals surface area contributed by atoms with Gasteiger partial charge in [0.25, 0.3) is 0 Å². The Kier molecular flexibility index (Phi) is 3.96. The molecule has 1 fully saturated rings. The lowest BCUT2D eigenvalue weighted by Crippen LogP contribution is -2.18. The molecule has 0 spiro atoms. The Bertz CT molecular complexity index is 624. The predicted molar refractivity (Wildman–Crippen MR) is 85.8 cm³/mol. The average Bonchev–Trinajstić information content (AvgIpc) is 3.22. The van der Waals surface area contributed by atoms with E-state index in [9.17, 15) is 0 Å². The molecule has 2 aromatic heterocycles. The van der Waals surface area contributed by atoms with Crippen LogP contribution in [0.2, 0.25) is 0 Å². The molecule has 2 aromatic rings. The fourth-order valence-electron chi connectivity index (χ4n) is 2.03. The fraction of sp³-hybridized carbons (Fsp3) is 0.467. The topological polar surface area (TPSA) is 64.3 Å². The summed E-state index contributed by atoms with van der Waals surface area (Å²) in [5.74, 6) is 2.10. The number of rotatable bonds is 6. The van der Waals surface area contributed by atoms with Gasteiger partial charge in [-0.25, -0.2) is 4.98 Å². The van der Waals surface area contributed by atoms with Crippen molar-refractivity contribution in [3.8, 4) is 5.88 Å². The molecule has 0 radical (unpaired) electrons. The molecule has 0 aromatic carbocycles. The number of aryl methyl sites for hydroxylation is 1. The molecule has 5 nitrogen and oxygen atoms in total. The molecule has 21 heavy (non-hydrogen) atoms. The number of pyridine rings is 1. The minimum atomic E-state index is 0.548. The van der Waals surface area contributed by atoms with E-state index in [4.69, 9.17) is 10.5 Å². The van der Waals surface area contributed by atoms with E-state index < -0.39 is 0 Å². The molecule has 0 aliphatic heterocycles. The summed E-state index contributed by atoms with van der Waals surface area (Å²) in [5.41, 5.74) is 9.49. The van der Waals surface area contributed by atoms with E-state index in [0.29, 0.717) is 17.5 Å². The van der Waals surface area contributed by atoms with Crippen LogP contribution in [0.15, 0.2) is 17.6 Å². The summed E-state index contributed by atoms with van der Waals surface area (Å²) < 4.78 is 5.74. The molecular formula is C15H20N4OS. The number of thiazole rings is 1. The van der Waals surface area contributed by atoms with Gasteiger partial charge in [0.2, 0.25) is 5.88 Å². The van der Waals surface area contributed by atoms with Crippen LogP contribution in [0.3, 0.4) is 0 Å². The van der Waals surface area contributed by atoms with Crippen molar-refractivity contribution in [2.75, 3.05) is 24.3 Å². The van der Waals surface area contributed by atoms with Gasteiger partial charge in [-0.15, -0.1) is 11.3 Å². The van der Waals surface area contributed by atoms with Crippen LogP contribution >= 0.6 is 11.3 Å². The summed E-state index contributed by atoms with van der Waals surface area (Å²) in [6, 6.07) is 3.79. The molecule has 1 aliphatic carbocycles. The van der Waals surface area contributed by atoms with Gasteiger partial charge in [0.1, 0.15) is 5.82 Å². The number of nitrogen functional groups attached to an aromatic ring is 1. The fourth-order valence-corrected chi connectivity index (χ4v) is 2.85. The minimum Gasteiger partial charge on any atom is -0.476 e. The van der Waals surface area contributed by atoms with Gasteiger partial charge in [-0.3, -0.25) is 0 Å². The number of hydrogen-bond acceptors (Lipinski definition) is 6. The Labute approximate surface area is 128 Å². The standard InChI is InChI=1S/C15H20N4OS/c1-10-13(21-9-17-10)7-19(2)14-6-5-12(16)15(18-14)20-8-11-3-4-11/h5-6,9,11H,3-4,7-8,16H2,1-2H3. The molecular weight excluding hydrogens is 284 g/mol. The molecule has 112 valence electrons. The van der Waals surface area contributed by atoms with Gasteiger partial charge < -0.3 is 15.4 Å². The first-order valence-electron chi connectivity index (χ1n) is 7.13. The molecule has 6 heteroatoms. The van der Waals surface area contributed by atoms with Crippen LogP contribution in [0.4, 0.5) is 11.5 Å². The second-order valence-corrected chi connectivity index (χ2v) is 6.47. The highest BCUT2D eigenvalue weighted by Gasteiger charge is 2.22. The van der Waals surface area contributed by atoms with E-state index in [0.717, 1.165) is 24.7 Å². The summed E-state index contributed by atoms with van der Waals surface area (Å²) in [4.78, 5) is 12.2. The second kappa shape index (κ2) is 5.89. The maximum Gasteiger partial charge on any atom is 0.239 e. The maximum atomic E-state index is 5.94. The van der Waals surface area contributed by atoms with E-state index in [1.165, 1.54) is 17.7 Å². The average molecular weight is 304 g/mol. The number of nitrogens with two attached hydrogens (primary N) is 1. The van der Waals surface area contributed by atoms with Gasteiger partial charge in [0.15, 0.2) is 0 Å². The molecule has 3 rings (SSSR count). The van der Waals surface area contributed by atoms with Crippen molar-refractivity contribution >= 4 is 22.8 Å².